The molecule has 4 nitrogen and oxygen atoms in total. The molecule has 1 aliphatic heterocycles. The van der Waals surface area contributed by atoms with E-state index in [0.29, 0.717) is 11.8 Å². The van der Waals surface area contributed by atoms with Crippen LogP contribution in [0.1, 0.15) is 13.8 Å². The molecule has 1 saturated carbocycles. The first-order chi connectivity index (χ1) is 8.84. The van der Waals surface area contributed by atoms with E-state index in [1.807, 2.05) is 12.2 Å². The molecule has 5 heteroatoms. The van der Waals surface area contributed by atoms with Gasteiger partial charge >= 0.3 is 0 Å². The van der Waals surface area contributed by atoms with E-state index in [2.05, 4.69) is 36.2 Å². The predicted octanol–water partition coefficient (Wildman–Crippen LogP) is 1.36. The van der Waals surface area contributed by atoms with Crippen LogP contribution in [-0.2, 0) is 10.0 Å². The summed E-state index contributed by atoms with van der Waals surface area (Å²) in [6.45, 7) is 5.41. The van der Waals surface area contributed by atoms with Gasteiger partial charge in [-0.25, -0.2) is 8.42 Å². The molecular formula is C14H20N2O2S. The largest absolute Gasteiger partial charge is 0.390 e. The summed E-state index contributed by atoms with van der Waals surface area (Å²) in [5, 5.41) is 3.27. The van der Waals surface area contributed by atoms with Crippen LogP contribution in [0.15, 0.2) is 35.7 Å². The van der Waals surface area contributed by atoms with Crippen LogP contribution in [0.3, 0.4) is 0 Å². The molecule has 0 aromatic carbocycles. The second-order valence-corrected chi connectivity index (χ2v) is 7.79. The van der Waals surface area contributed by atoms with E-state index in [9.17, 15) is 8.42 Å². The van der Waals surface area contributed by atoms with Crippen molar-refractivity contribution in [2.75, 3.05) is 12.8 Å². The molecule has 3 aliphatic rings. The molecule has 0 bridgehead atoms. The minimum atomic E-state index is -3.20. The fourth-order valence-electron chi connectivity index (χ4n) is 3.71. The first kappa shape index (κ1) is 12.8. The van der Waals surface area contributed by atoms with Gasteiger partial charge < -0.3 is 5.32 Å². The van der Waals surface area contributed by atoms with Gasteiger partial charge in [0.2, 0.25) is 10.0 Å². The van der Waals surface area contributed by atoms with Crippen molar-refractivity contribution in [2.45, 2.75) is 13.8 Å². The molecule has 1 heterocycles. The van der Waals surface area contributed by atoms with Crippen molar-refractivity contribution in [2.24, 2.45) is 23.2 Å². The summed E-state index contributed by atoms with van der Waals surface area (Å²) in [7, 11) is -3.20. The minimum absolute atomic E-state index is 0.191. The van der Waals surface area contributed by atoms with Gasteiger partial charge in [-0.15, -0.1) is 0 Å². The van der Waals surface area contributed by atoms with Crippen LogP contribution in [0.5, 0.6) is 0 Å². The first-order valence-corrected chi connectivity index (χ1v) is 8.53. The zero-order valence-corrected chi connectivity index (χ0v) is 12.3. The van der Waals surface area contributed by atoms with E-state index in [4.69, 9.17) is 0 Å². The van der Waals surface area contributed by atoms with E-state index in [1.165, 1.54) is 11.8 Å². The van der Waals surface area contributed by atoms with Crippen LogP contribution in [0.4, 0.5) is 0 Å². The summed E-state index contributed by atoms with van der Waals surface area (Å²) in [4.78, 5) is 0. The van der Waals surface area contributed by atoms with Gasteiger partial charge in [-0.1, -0.05) is 26.0 Å². The number of hydrogen-bond donors (Lipinski definition) is 2. The number of sulfonamides is 1. The standard InChI is InChI=1S/C14H20N2O2S/c1-9-10(14(2)11-7-15-8-12(11)14)5-4-6-13(9)16-19(3,17)18/h4-7,9-10,12,15-16H,8H2,1-3H3. The number of hydrogen-bond acceptors (Lipinski definition) is 3. The fraction of sp³-hybridized carbons (Fsp3) is 0.571. The van der Waals surface area contributed by atoms with Gasteiger partial charge in [-0.2, -0.15) is 0 Å². The highest BCUT2D eigenvalue weighted by Crippen LogP contribution is 2.66. The Balaban J connectivity index is 1.84. The molecule has 19 heavy (non-hydrogen) atoms. The van der Waals surface area contributed by atoms with Gasteiger partial charge in [-0.05, 0) is 23.8 Å². The summed E-state index contributed by atoms with van der Waals surface area (Å²) in [6.07, 6.45) is 9.40. The topological polar surface area (TPSA) is 58.2 Å². The predicted molar refractivity (Wildman–Crippen MR) is 75.5 cm³/mol. The molecule has 3 rings (SSSR count). The van der Waals surface area contributed by atoms with Crippen LogP contribution in [0, 0.1) is 23.2 Å². The molecule has 4 atom stereocenters. The third-order valence-electron chi connectivity index (χ3n) is 4.84. The van der Waals surface area contributed by atoms with Crippen molar-refractivity contribution < 1.29 is 8.42 Å². The van der Waals surface area contributed by atoms with Crippen molar-refractivity contribution in [3.8, 4) is 0 Å². The monoisotopic (exact) mass is 280 g/mol. The number of fused-ring (bicyclic) bond motifs is 1. The van der Waals surface area contributed by atoms with Crippen molar-refractivity contribution in [3.63, 3.8) is 0 Å². The second-order valence-electron chi connectivity index (χ2n) is 6.04. The average molecular weight is 280 g/mol. The zero-order valence-electron chi connectivity index (χ0n) is 11.5. The lowest BCUT2D eigenvalue weighted by Crippen LogP contribution is -2.33. The molecule has 0 spiro atoms. The van der Waals surface area contributed by atoms with Crippen molar-refractivity contribution in [3.05, 3.63) is 35.7 Å². The van der Waals surface area contributed by atoms with Gasteiger partial charge in [0.25, 0.3) is 0 Å². The highest BCUT2D eigenvalue weighted by atomic mass is 32.2. The second kappa shape index (κ2) is 3.88. The maximum Gasteiger partial charge on any atom is 0.229 e. The molecule has 0 aromatic heterocycles. The van der Waals surface area contributed by atoms with Crippen molar-refractivity contribution >= 4 is 10.0 Å². The summed E-state index contributed by atoms with van der Waals surface area (Å²) in [6, 6.07) is 0. The van der Waals surface area contributed by atoms with Gasteiger partial charge in [0.1, 0.15) is 0 Å². The normalized spacial score (nSPS) is 40.1. The summed E-state index contributed by atoms with van der Waals surface area (Å²) < 4.78 is 25.5. The lowest BCUT2D eigenvalue weighted by atomic mass is 9.75. The molecular weight excluding hydrogens is 260 g/mol. The third kappa shape index (κ3) is 1.91. The van der Waals surface area contributed by atoms with Crippen LogP contribution in [-0.4, -0.2) is 21.2 Å². The molecule has 0 amide bonds. The molecule has 104 valence electrons. The van der Waals surface area contributed by atoms with Crippen LogP contribution < -0.4 is 10.0 Å². The Morgan fingerprint density at radius 1 is 1.47 bits per heavy atom. The van der Waals surface area contributed by atoms with E-state index in [1.54, 1.807) is 0 Å². The summed E-state index contributed by atoms with van der Waals surface area (Å²) >= 11 is 0. The lowest BCUT2D eigenvalue weighted by molar-refractivity contribution is 0.296. The molecule has 0 radical (unpaired) electrons. The highest BCUT2D eigenvalue weighted by molar-refractivity contribution is 7.88. The van der Waals surface area contributed by atoms with Crippen molar-refractivity contribution in [1.29, 1.82) is 0 Å². The van der Waals surface area contributed by atoms with Gasteiger partial charge in [0, 0.05) is 29.5 Å². The smallest absolute Gasteiger partial charge is 0.229 e. The Bertz CT molecular complexity index is 603. The molecule has 0 aromatic rings. The van der Waals surface area contributed by atoms with Gasteiger partial charge in [0.05, 0.1) is 6.26 Å². The van der Waals surface area contributed by atoms with E-state index in [-0.39, 0.29) is 11.3 Å². The minimum Gasteiger partial charge on any atom is -0.390 e. The maximum absolute atomic E-state index is 11.4. The Labute approximate surface area is 114 Å². The Morgan fingerprint density at radius 2 is 2.21 bits per heavy atom. The molecule has 2 aliphatic carbocycles. The SMILES string of the molecule is CC1C(NS(C)(=O)=O)=CC=CC1C1(C)C2=CNCC21. The number of nitrogens with one attached hydrogen (secondary N) is 2. The van der Waals surface area contributed by atoms with E-state index >= 15 is 0 Å². The molecule has 1 fully saturated rings. The maximum atomic E-state index is 11.4. The molecule has 0 saturated heterocycles. The van der Waals surface area contributed by atoms with Gasteiger partial charge in [-0.3, -0.25) is 4.72 Å². The highest BCUT2D eigenvalue weighted by Gasteiger charge is 2.62. The van der Waals surface area contributed by atoms with E-state index in [0.717, 1.165) is 12.2 Å². The quantitative estimate of drug-likeness (QED) is 0.821. The zero-order chi connectivity index (χ0) is 13.8. The fourth-order valence-corrected chi connectivity index (χ4v) is 4.39. The average Bonchev–Trinajstić information content (AvgIpc) is 2.73. The van der Waals surface area contributed by atoms with Gasteiger partial charge in [0.15, 0.2) is 0 Å². The number of allylic oxidation sites excluding steroid dienone is 4. The third-order valence-corrected chi connectivity index (χ3v) is 5.44. The van der Waals surface area contributed by atoms with Crippen LogP contribution in [0.25, 0.3) is 0 Å². The van der Waals surface area contributed by atoms with Crippen LogP contribution >= 0.6 is 0 Å². The molecule has 4 unspecified atom stereocenters. The van der Waals surface area contributed by atoms with Crippen LogP contribution in [0.2, 0.25) is 0 Å². The lowest BCUT2D eigenvalue weighted by Gasteiger charge is -2.32. The Morgan fingerprint density at radius 3 is 2.79 bits per heavy atom. The summed E-state index contributed by atoms with van der Waals surface area (Å²) in [5.41, 5.74) is 2.48. The number of rotatable bonds is 3. The Kier molecular flexibility index (Phi) is 2.61. The summed E-state index contributed by atoms with van der Waals surface area (Å²) in [5.74, 6) is 1.17. The first-order valence-electron chi connectivity index (χ1n) is 6.64. The Hall–Kier alpha value is -1.23. The van der Waals surface area contributed by atoms with E-state index < -0.39 is 10.0 Å². The van der Waals surface area contributed by atoms with Crippen molar-refractivity contribution in [1.82, 2.24) is 10.0 Å². The molecule has 2 N–H and O–H groups in total.